The lowest BCUT2D eigenvalue weighted by Crippen LogP contribution is -2.12. The third kappa shape index (κ3) is 4.63. The van der Waals surface area contributed by atoms with Gasteiger partial charge in [-0.25, -0.2) is 0 Å². The van der Waals surface area contributed by atoms with E-state index < -0.39 is 4.92 Å². The Balaban J connectivity index is 1.57. The van der Waals surface area contributed by atoms with Crippen LogP contribution in [0.5, 0.6) is 0 Å². The molecule has 3 aromatic rings. The summed E-state index contributed by atoms with van der Waals surface area (Å²) < 4.78 is 6.27. The summed E-state index contributed by atoms with van der Waals surface area (Å²) in [5, 5.41) is 17.3. The fraction of sp³-hybridized carbons (Fsp3) is 0.118. The van der Waals surface area contributed by atoms with Crippen molar-refractivity contribution in [3.8, 4) is 11.4 Å². The van der Waals surface area contributed by atoms with Crippen LogP contribution in [0, 0.1) is 13.7 Å². The largest absolute Gasteiger partial charge is 0.339 e. The lowest BCUT2D eigenvalue weighted by atomic mass is 10.2. The van der Waals surface area contributed by atoms with E-state index >= 15 is 0 Å². The molecule has 132 valence electrons. The highest BCUT2D eigenvalue weighted by molar-refractivity contribution is 14.1. The highest BCUT2D eigenvalue weighted by Crippen LogP contribution is 2.19. The van der Waals surface area contributed by atoms with Crippen LogP contribution in [0.25, 0.3) is 11.4 Å². The van der Waals surface area contributed by atoms with Gasteiger partial charge in [-0.15, -0.1) is 0 Å². The Bertz CT molecular complexity index is 940. The number of nitrogens with one attached hydrogen (secondary N) is 1. The molecule has 3 rings (SSSR count). The molecule has 1 heterocycles. The smallest absolute Gasteiger partial charge is 0.271 e. The van der Waals surface area contributed by atoms with Crippen molar-refractivity contribution in [1.29, 1.82) is 0 Å². The molecule has 2 aromatic carbocycles. The Hall–Kier alpha value is -2.82. The van der Waals surface area contributed by atoms with E-state index in [1.54, 1.807) is 6.07 Å². The number of carbonyl (C=O) groups excluding carboxylic acids is 1. The normalized spacial score (nSPS) is 10.5. The summed E-state index contributed by atoms with van der Waals surface area (Å²) in [7, 11) is 0. The molecule has 0 atom stereocenters. The molecular weight excluding hydrogens is 451 g/mol. The van der Waals surface area contributed by atoms with Crippen LogP contribution in [-0.4, -0.2) is 21.0 Å². The molecule has 0 fully saturated rings. The predicted molar refractivity (Wildman–Crippen MR) is 102 cm³/mol. The van der Waals surface area contributed by atoms with E-state index in [1.165, 1.54) is 18.2 Å². The highest BCUT2D eigenvalue weighted by Gasteiger charge is 2.12. The van der Waals surface area contributed by atoms with E-state index in [1.807, 2.05) is 24.3 Å². The molecule has 0 saturated carbocycles. The number of nitro groups is 1. The minimum atomic E-state index is -0.514. The lowest BCUT2D eigenvalue weighted by Gasteiger charge is -2.03. The molecule has 0 bridgehead atoms. The first-order valence-corrected chi connectivity index (χ1v) is 8.72. The van der Waals surface area contributed by atoms with Crippen molar-refractivity contribution in [3.63, 3.8) is 0 Å². The first kappa shape index (κ1) is 18.0. The number of non-ortho nitro benzene ring substituents is 1. The maximum atomic E-state index is 12.0. The minimum absolute atomic E-state index is 0.0816. The van der Waals surface area contributed by atoms with E-state index in [0.717, 1.165) is 9.13 Å². The Kier molecular flexibility index (Phi) is 5.56. The van der Waals surface area contributed by atoms with Gasteiger partial charge < -0.3 is 9.84 Å². The SMILES string of the molecule is O=C(CCc1nc(-c2ccc(I)cc2)no1)Nc1cccc([N+](=O)[O-])c1. The Labute approximate surface area is 161 Å². The van der Waals surface area contributed by atoms with Gasteiger partial charge in [0.1, 0.15) is 0 Å². The van der Waals surface area contributed by atoms with Crippen molar-refractivity contribution in [2.24, 2.45) is 0 Å². The molecule has 0 saturated heterocycles. The van der Waals surface area contributed by atoms with Crippen molar-refractivity contribution in [2.45, 2.75) is 12.8 Å². The maximum absolute atomic E-state index is 12.0. The zero-order valence-corrected chi connectivity index (χ0v) is 15.5. The number of halogens is 1. The number of hydrogen-bond donors (Lipinski definition) is 1. The fourth-order valence-corrected chi connectivity index (χ4v) is 2.57. The van der Waals surface area contributed by atoms with Gasteiger partial charge >= 0.3 is 0 Å². The number of amides is 1. The standard InChI is InChI=1S/C17H13IN4O4/c18-12-6-4-11(5-7-12)17-20-16(26-21-17)9-8-15(23)19-13-2-1-3-14(10-13)22(24)25/h1-7,10H,8-9H2,(H,19,23). The molecule has 1 amide bonds. The second-order valence-electron chi connectivity index (χ2n) is 5.37. The van der Waals surface area contributed by atoms with E-state index in [4.69, 9.17) is 4.52 Å². The molecule has 0 radical (unpaired) electrons. The zero-order chi connectivity index (χ0) is 18.5. The Morgan fingerprint density at radius 2 is 2.00 bits per heavy atom. The Morgan fingerprint density at radius 3 is 2.73 bits per heavy atom. The summed E-state index contributed by atoms with van der Waals surface area (Å²) in [5.41, 5.74) is 1.12. The van der Waals surface area contributed by atoms with Crippen molar-refractivity contribution in [3.05, 3.63) is 68.1 Å². The van der Waals surface area contributed by atoms with Crippen LogP contribution >= 0.6 is 22.6 Å². The van der Waals surface area contributed by atoms with Crippen LogP contribution in [0.2, 0.25) is 0 Å². The first-order valence-electron chi connectivity index (χ1n) is 7.64. The summed E-state index contributed by atoms with van der Waals surface area (Å²) in [6, 6.07) is 13.4. The fourth-order valence-electron chi connectivity index (χ4n) is 2.21. The molecule has 1 N–H and O–H groups in total. The molecule has 0 aliphatic carbocycles. The molecule has 8 nitrogen and oxygen atoms in total. The molecular formula is C17H13IN4O4. The monoisotopic (exact) mass is 464 g/mol. The second kappa shape index (κ2) is 8.04. The van der Waals surface area contributed by atoms with Crippen LogP contribution in [0.15, 0.2) is 53.1 Å². The van der Waals surface area contributed by atoms with Gasteiger partial charge in [-0.3, -0.25) is 14.9 Å². The van der Waals surface area contributed by atoms with E-state index in [-0.39, 0.29) is 24.4 Å². The van der Waals surface area contributed by atoms with Gasteiger partial charge in [0, 0.05) is 39.8 Å². The number of anilines is 1. The summed E-state index contributed by atoms with van der Waals surface area (Å²) in [4.78, 5) is 26.5. The second-order valence-corrected chi connectivity index (χ2v) is 6.62. The van der Waals surface area contributed by atoms with Crippen molar-refractivity contribution < 1.29 is 14.2 Å². The van der Waals surface area contributed by atoms with Crippen LogP contribution in [-0.2, 0) is 11.2 Å². The number of carbonyl (C=O) groups is 1. The van der Waals surface area contributed by atoms with Gasteiger partial charge in [-0.1, -0.05) is 23.4 Å². The van der Waals surface area contributed by atoms with Gasteiger partial charge in [0.05, 0.1) is 4.92 Å². The number of nitro benzene ring substituents is 1. The average molecular weight is 464 g/mol. The van der Waals surface area contributed by atoms with Crippen molar-refractivity contribution in [1.82, 2.24) is 10.1 Å². The zero-order valence-electron chi connectivity index (χ0n) is 13.4. The number of aromatic nitrogens is 2. The topological polar surface area (TPSA) is 111 Å². The summed E-state index contributed by atoms with van der Waals surface area (Å²) in [6.45, 7) is 0. The summed E-state index contributed by atoms with van der Waals surface area (Å²) in [6.07, 6.45) is 0.398. The molecule has 0 aliphatic heterocycles. The van der Waals surface area contributed by atoms with Gasteiger partial charge in [-0.2, -0.15) is 4.98 Å². The number of aryl methyl sites for hydroxylation is 1. The number of nitrogens with zero attached hydrogens (tertiary/aromatic N) is 3. The van der Waals surface area contributed by atoms with Gasteiger partial charge in [-0.05, 0) is 40.8 Å². The van der Waals surface area contributed by atoms with E-state index in [0.29, 0.717) is 17.4 Å². The Morgan fingerprint density at radius 1 is 1.23 bits per heavy atom. The lowest BCUT2D eigenvalue weighted by molar-refractivity contribution is -0.384. The molecule has 9 heteroatoms. The van der Waals surface area contributed by atoms with Crippen LogP contribution in [0.3, 0.4) is 0 Å². The number of benzene rings is 2. The minimum Gasteiger partial charge on any atom is -0.339 e. The molecule has 0 unspecified atom stereocenters. The number of rotatable bonds is 6. The van der Waals surface area contributed by atoms with Gasteiger partial charge in [0.2, 0.25) is 17.6 Å². The molecule has 0 aliphatic rings. The highest BCUT2D eigenvalue weighted by atomic mass is 127. The van der Waals surface area contributed by atoms with Crippen LogP contribution in [0.4, 0.5) is 11.4 Å². The van der Waals surface area contributed by atoms with Crippen molar-refractivity contribution in [2.75, 3.05) is 5.32 Å². The van der Waals surface area contributed by atoms with Crippen LogP contribution < -0.4 is 5.32 Å². The van der Waals surface area contributed by atoms with E-state index in [9.17, 15) is 14.9 Å². The average Bonchev–Trinajstić information content (AvgIpc) is 3.10. The third-order valence-electron chi connectivity index (χ3n) is 3.48. The molecule has 26 heavy (non-hydrogen) atoms. The molecule has 0 spiro atoms. The summed E-state index contributed by atoms with van der Waals surface area (Å²) in [5.74, 6) is 0.530. The quantitative estimate of drug-likeness (QED) is 0.337. The van der Waals surface area contributed by atoms with E-state index in [2.05, 4.69) is 38.0 Å². The predicted octanol–water partition coefficient (Wildman–Crippen LogP) is 3.82. The number of hydrogen-bond acceptors (Lipinski definition) is 6. The maximum Gasteiger partial charge on any atom is 0.271 e. The van der Waals surface area contributed by atoms with Gasteiger partial charge in [0.15, 0.2) is 0 Å². The van der Waals surface area contributed by atoms with Crippen molar-refractivity contribution >= 4 is 39.9 Å². The first-order chi connectivity index (χ1) is 12.5. The summed E-state index contributed by atoms with van der Waals surface area (Å²) >= 11 is 2.21. The third-order valence-corrected chi connectivity index (χ3v) is 4.20. The van der Waals surface area contributed by atoms with Gasteiger partial charge in [0.25, 0.3) is 5.69 Å². The van der Waals surface area contributed by atoms with Crippen LogP contribution in [0.1, 0.15) is 12.3 Å². The molecule has 1 aromatic heterocycles.